The van der Waals surface area contributed by atoms with Crippen molar-refractivity contribution in [1.29, 1.82) is 0 Å². The maximum Gasteiger partial charge on any atom is 0.226 e. The molecular weight excluding hydrogens is 491 g/mol. The van der Waals surface area contributed by atoms with E-state index in [0.717, 1.165) is 69.9 Å². The van der Waals surface area contributed by atoms with Crippen LogP contribution in [0.15, 0.2) is 42.7 Å². The fourth-order valence-electron chi connectivity index (χ4n) is 5.47. The summed E-state index contributed by atoms with van der Waals surface area (Å²) < 4.78 is 19.6. The smallest absolute Gasteiger partial charge is 0.226 e. The van der Waals surface area contributed by atoms with Crippen molar-refractivity contribution in [1.82, 2.24) is 14.9 Å². The lowest BCUT2D eigenvalue weighted by molar-refractivity contribution is -0.134. The first kappa shape index (κ1) is 27.4. The number of benzene rings is 1. The minimum Gasteiger partial charge on any atom is -0.493 e. The number of alkyl halides is 1. The third-order valence-corrected chi connectivity index (χ3v) is 7.91. The molecule has 3 aliphatic rings. The van der Waals surface area contributed by atoms with E-state index in [-0.39, 0.29) is 30.8 Å². The van der Waals surface area contributed by atoms with Crippen molar-refractivity contribution >= 4 is 29.8 Å². The number of ether oxygens (including phenoxy) is 1. The van der Waals surface area contributed by atoms with Gasteiger partial charge < -0.3 is 14.5 Å². The Morgan fingerprint density at radius 1 is 1.05 bits per heavy atom. The summed E-state index contributed by atoms with van der Waals surface area (Å²) in [4.78, 5) is 25.7. The number of halogens is 2. The highest BCUT2D eigenvalue weighted by Crippen LogP contribution is 2.33. The topological polar surface area (TPSA) is 58.6 Å². The number of nitrogens with zero attached hydrogens (tertiary/aromatic N) is 4. The van der Waals surface area contributed by atoms with E-state index in [4.69, 9.17) is 4.74 Å². The number of carbonyl (C=O) groups excluding carboxylic acids is 1. The van der Waals surface area contributed by atoms with Crippen LogP contribution >= 0.6 is 12.4 Å². The van der Waals surface area contributed by atoms with Crippen LogP contribution in [0.5, 0.6) is 5.75 Å². The Labute approximate surface area is 225 Å². The molecule has 2 fully saturated rings. The predicted molar refractivity (Wildman–Crippen MR) is 147 cm³/mol. The van der Waals surface area contributed by atoms with Crippen molar-refractivity contribution in [3.63, 3.8) is 0 Å². The summed E-state index contributed by atoms with van der Waals surface area (Å²) in [5, 5.41) is 0. The summed E-state index contributed by atoms with van der Waals surface area (Å²) in [6.45, 7) is 5.60. The minimum absolute atomic E-state index is 0. The highest BCUT2D eigenvalue weighted by atomic mass is 35.5. The SMILES string of the molecule is CCc1cnc(N2CCC(COc3ccc(C4=CCC(C(=O)N5CCC(F)C5)CC4)cc3)CC2)nc1.Cl. The van der Waals surface area contributed by atoms with Crippen molar-refractivity contribution in [3.05, 3.63) is 53.9 Å². The zero-order valence-corrected chi connectivity index (χ0v) is 22.5. The molecular formula is C29H38ClFN4O2. The molecule has 0 N–H and O–H groups in total. The van der Waals surface area contributed by atoms with Crippen LogP contribution in [0.4, 0.5) is 10.3 Å². The Morgan fingerprint density at radius 2 is 1.78 bits per heavy atom. The van der Waals surface area contributed by atoms with E-state index in [2.05, 4.69) is 52.1 Å². The second kappa shape index (κ2) is 12.7. The Hall–Kier alpha value is -2.67. The van der Waals surface area contributed by atoms with Crippen LogP contribution in [0.3, 0.4) is 0 Å². The highest BCUT2D eigenvalue weighted by Gasteiger charge is 2.31. The summed E-state index contributed by atoms with van der Waals surface area (Å²) >= 11 is 0. The zero-order chi connectivity index (χ0) is 24.9. The Kier molecular flexibility index (Phi) is 9.41. The Morgan fingerprint density at radius 3 is 2.38 bits per heavy atom. The summed E-state index contributed by atoms with van der Waals surface area (Å²) in [6, 6.07) is 8.35. The molecule has 2 unspecified atom stereocenters. The van der Waals surface area contributed by atoms with Gasteiger partial charge in [-0.2, -0.15) is 0 Å². The minimum atomic E-state index is -0.852. The molecule has 2 aromatic rings. The van der Waals surface area contributed by atoms with Crippen LogP contribution in [-0.2, 0) is 11.2 Å². The Bertz CT molecular complexity index is 1050. The van der Waals surface area contributed by atoms with Gasteiger partial charge in [0.2, 0.25) is 11.9 Å². The molecule has 5 rings (SSSR count). The van der Waals surface area contributed by atoms with Crippen LogP contribution in [0, 0.1) is 11.8 Å². The van der Waals surface area contributed by atoms with Gasteiger partial charge >= 0.3 is 0 Å². The summed E-state index contributed by atoms with van der Waals surface area (Å²) in [6.07, 6.45) is 11.3. The van der Waals surface area contributed by atoms with Crippen molar-refractivity contribution < 1.29 is 13.9 Å². The van der Waals surface area contributed by atoms with Gasteiger partial charge in [-0.3, -0.25) is 4.79 Å². The lowest BCUT2D eigenvalue weighted by Crippen LogP contribution is -2.36. The monoisotopic (exact) mass is 528 g/mol. The second-order valence-electron chi connectivity index (χ2n) is 10.4. The fourth-order valence-corrected chi connectivity index (χ4v) is 5.47. The van der Waals surface area contributed by atoms with Gasteiger partial charge in [-0.05, 0) is 79.7 Å². The van der Waals surface area contributed by atoms with E-state index >= 15 is 0 Å². The predicted octanol–water partition coefficient (Wildman–Crippen LogP) is 5.51. The molecule has 0 bridgehead atoms. The van der Waals surface area contributed by atoms with E-state index < -0.39 is 6.17 Å². The van der Waals surface area contributed by atoms with Crippen molar-refractivity contribution in [3.8, 4) is 5.75 Å². The third-order valence-electron chi connectivity index (χ3n) is 7.91. The maximum absolute atomic E-state index is 13.5. The van der Waals surface area contributed by atoms with Gasteiger partial charge in [-0.15, -0.1) is 12.4 Å². The number of aromatic nitrogens is 2. The van der Waals surface area contributed by atoms with E-state index in [1.165, 1.54) is 16.7 Å². The Balaban J connectivity index is 0.00000320. The maximum atomic E-state index is 13.5. The molecule has 0 radical (unpaired) electrons. The number of carbonyl (C=O) groups is 1. The van der Waals surface area contributed by atoms with Crippen molar-refractivity contribution in [2.45, 2.75) is 58.0 Å². The molecule has 2 saturated heterocycles. The number of hydrogen-bond donors (Lipinski definition) is 0. The molecule has 1 aromatic heterocycles. The first-order chi connectivity index (χ1) is 17.6. The average molecular weight is 529 g/mol. The van der Waals surface area contributed by atoms with Crippen LogP contribution < -0.4 is 9.64 Å². The van der Waals surface area contributed by atoms with Gasteiger partial charge in [0.25, 0.3) is 0 Å². The van der Waals surface area contributed by atoms with E-state index in [1.807, 2.05) is 12.4 Å². The summed E-state index contributed by atoms with van der Waals surface area (Å²) in [5.41, 5.74) is 3.65. The highest BCUT2D eigenvalue weighted by molar-refractivity contribution is 5.85. The molecule has 6 nitrogen and oxygen atoms in total. The third kappa shape index (κ3) is 6.81. The van der Waals surface area contributed by atoms with Gasteiger partial charge in [0.05, 0.1) is 13.2 Å². The number of amides is 1. The average Bonchev–Trinajstić information content (AvgIpc) is 3.38. The number of hydrogen-bond acceptors (Lipinski definition) is 5. The normalized spacial score (nSPS) is 22.4. The molecule has 1 aliphatic carbocycles. The molecule has 2 aliphatic heterocycles. The molecule has 2 atom stereocenters. The van der Waals surface area contributed by atoms with Crippen LogP contribution in [0.25, 0.3) is 5.57 Å². The lowest BCUT2D eigenvalue weighted by Gasteiger charge is -2.31. The van der Waals surface area contributed by atoms with Gasteiger partial charge in [0.15, 0.2) is 0 Å². The van der Waals surface area contributed by atoms with Gasteiger partial charge in [-0.1, -0.05) is 25.1 Å². The van der Waals surface area contributed by atoms with Gasteiger partial charge in [0, 0.05) is 37.9 Å². The number of likely N-dealkylation sites (tertiary alicyclic amines) is 1. The molecule has 3 heterocycles. The fraction of sp³-hybridized carbons (Fsp3) is 0.552. The molecule has 1 aromatic carbocycles. The van der Waals surface area contributed by atoms with Crippen LogP contribution in [-0.4, -0.2) is 59.7 Å². The number of anilines is 1. The largest absolute Gasteiger partial charge is 0.493 e. The molecule has 0 spiro atoms. The number of rotatable bonds is 7. The lowest BCUT2D eigenvalue weighted by atomic mass is 9.86. The summed E-state index contributed by atoms with van der Waals surface area (Å²) in [5.74, 6) is 2.39. The van der Waals surface area contributed by atoms with Crippen LogP contribution in [0.1, 0.15) is 56.6 Å². The molecule has 8 heteroatoms. The first-order valence-corrected chi connectivity index (χ1v) is 13.5. The van der Waals surface area contributed by atoms with Crippen molar-refractivity contribution in [2.75, 3.05) is 37.7 Å². The standard InChI is InChI=1S/C29H37FN4O2.ClH/c1-2-21-17-31-29(32-18-21)33-14-11-22(12-15-33)20-36-27-9-7-24(8-10-27)23-3-5-25(6-4-23)28(35)34-16-13-26(30)19-34;/h3,7-10,17-18,22,25-26H,2,4-6,11-16,19-20H2,1H3;1H. The molecule has 200 valence electrons. The van der Waals surface area contributed by atoms with Crippen molar-refractivity contribution in [2.24, 2.45) is 11.8 Å². The van der Waals surface area contributed by atoms with Crippen LogP contribution in [0.2, 0.25) is 0 Å². The number of piperidine rings is 1. The second-order valence-corrected chi connectivity index (χ2v) is 10.4. The molecule has 37 heavy (non-hydrogen) atoms. The molecule has 0 saturated carbocycles. The summed E-state index contributed by atoms with van der Waals surface area (Å²) in [7, 11) is 0. The quantitative estimate of drug-likeness (QED) is 0.474. The number of aryl methyl sites for hydroxylation is 1. The van der Waals surface area contributed by atoms with E-state index in [1.54, 1.807) is 4.90 Å². The van der Waals surface area contributed by atoms with E-state index in [0.29, 0.717) is 18.9 Å². The zero-order valence-electron chi connectivity index (χ0n) is 21.7. The van der Waals surface area contributed by atoms with Gasteiger partial charge in [0.1, 0.15) is 11.9 Å². The first-order valence-electron chi connectivity index (χ1n) is 13.5. The van der Waals surface area contributed by atoms with E-state index in [9.17, 15) is 9.18 Å². The van der Waals surface area contributed by atoms with Gasteiger partial charge in [-0.25, -0.2) is 14.4 Å². The number of allylic oxidation sites excluding steroid dienone is 2. The molecule has 1 amide bonds.